The first-order valence-electron chi connectivity index (χ1n) is 7.05. The van der Waals surface area contributed by atoms with Gasteiger partial charge in [0.05, 0.1) is 11.3 Å². The fourth-order valence-corrected chi connectivity index (χ4v) is 3.55. The third-order valence-electron chi connectivity index (χ3n) is 3.87. The molecular formula is C15H23N3OS. The summed E-state index contributed by atoms with van der Waals surface area (Å²) in [5.74, 6) is 5.45. The van der Waals surface area contributed by atoms with E-state index in [2.05, 4.69) is 17.0 Å². The molecule has 2 atom stereocenters. The average molecular weight is 293 g/mol. The lowest BCUT2D eigenvalue weighted by Gasteiger charge is -2.28. The van der Waals surface area contributed by atoms with Crippen molar-refractivity contribution in [1.29, 1.82) is 0 Å². The first-order chi connectivity index (χ1) is 9.63. The number of hydrogen-bond acceptors (Lipinski definition) is 4. The maximum absolute atomic E-state index is 12.4. The number of anilines is 1. The molecule has 0 heterocycles. The van der Waals surface area contributed by atoms with E-state index in [9.17, 15) is 4.79 Å². The zero-order valence-electron chi connectivity index (χ0n) is 12.1. The van der Waals surface area contributed by atoms with E-state index in [-0.39, 0.29) is 11.9 Å². The monoisotopic (exact) mass is 293 g/mol. The molecule has 1 aliphatic rings. The fourth-order valence-electron chi connectivity index (χ4n) is 2.73. The van der Waals surface area contributed by atoms with Crippen molar-refractivity contribution in [2.45, 2.75) is 43.9 Å². The Kier molecular flexibility index (Phi) is 5.31. The maximum atomic E-state index is 12.4. The Hall–Kier alpha value is -1.20. The summed E-state index contributed by atoms with van der Waals surface area (Å²) in [4.78, 5) is 12.4. The number of benzene rings is 1. The van der Waals surface area contributed by atoms with Crippen molar-refractivity contribution < 1.29 is 4.79 Å². The van der Waals surface area contributed by atoms with Gasteiger partial charge in [-0.1, -0.05) is 18.1 Å². The highest BCUT2D eigenvalue weighted by Gasteiger charge is 2.23. The minimum Gasteiger partial charge on any atom is -0.349 e. The minimum absolute atomic E-state index is 0.0339. The van der Waals surface area contributed by atoms with Crippen LogP contribution in [0.1, 0.15) is 41.6 Å². The van der Waals surface area contributed by atoms with Crippen molar-refractivity contribution in [1.82, 2.24) is 5.32 Å². The van der Waals surface area contributed by atoms with Crippen molar-refractivity contribution in [2.24, 2.45) is 5.84 Å². The number of rotatable bonds is 4. The standard InChI is InChI=1S/C15H23N3OS/c1-10-6-7-14(18-16)13(8-10)15(19)17-11-4-3-5-12(9-11)20-2/h6-8,11-12,18H,3-5,9,16H2,1-2H3,(H,17,19). The number of carbonyl (C=O) groups excluding carboxylic acids is 1. The molecule has 0 aliphatic heterocycles. The lowest BCUT2D eigenvalue weighted by Crippen LogP contribution is -2.39. The van der Waals surface area contributed by atoms with Gasteiger partial charge < -0.3 is 10.7 Å². The second kappa shape index (κ2) is 6.99. The van der Waals surface area contributed by atoms with Gasteiger partial charge in [0.1, 0.15) is 0 Å². The largest absolute Gasteiger partial charge is 0.349 e. The lowest BCUT2D eigenvalue weighted by atomic mass is 9.94. The average Bonchev–Trinajstić information content (AvgIpc) is 2.47. The van der Waals surface area contributed by atoms with Gasteiger partial charge in [-0.05, 0) is 44.6 Å². The molecule has 0 aromatic heterocycles. The Morgan fingerprint density at radius 3 is 2.90 bits per heavy atom. The van der Waals surface area contributed by atoms with Crippen LogP contribution in [0.5, 0.6) is 0 Å². The number of nitrogen functional groups attached to an aromatic ring is 1. The van der Waals surface area contributed by atoms with E-state index in [1.165, 1.54) is 12.8 Å². The molecule has 2 rings (SSSR count). The van der Waals surface area contributed by atoms with Crippen LogP contribution in [0, 0.1) is 6.92 Å². The molecule has 20 heavy (non-hydrogen) atoms. The molecule has 110 valence electrons. The SMILES string of the molecule is CSC1CCCC(NC(=O)c2cc(C)ccc2NN)C1. The number of hydrazine groups is 1. The Morgan fingerprint density at radius 2 is 2.20 bits per heavy atom. The van der Waals surface area contributed by atoms with E-state index in [4.69, 9.17) is 5.84 Å². The van der Waals surface area contributed by atoms with Crippen molar-refractivity contribution in [3.8, 4) is 0 Å². The van der Waals surface area contributed by atoms with E-state index in [1.807, 2.05) is 36.9 Å². The maximum Gasteiger partial charge on any atom is 0.253 e. The third-order valence-corrected chi connectivity index (χ3v) is 4.96. The van der Waals surface area contributed by atoms with Crippen LogP contribution in [0.4, 0.5) is 5.69 Å². The van der Waals surface area contributed by atoms with Gasteiger partial charge >= 0.3 is 0 Å². The fraction of sp³-hybridized carbons (Fsp3) is 0.533. The van der Waals surface area contributed by atoms with Crippen molar-refractivity contribution in [3.63, 3.8) is 0 Å². The van der Waals surface area contributed by atoms with Crippen molar-refractivity contribution >= 4 is 23.4 Å². The van der Waals surface area contributed by atoms with Crippen molar-refractivity contribution in [3.05, 3.63) is 29.3 Å². The molecule has 1 saturated carbocycles. The van der Waals surface area contributed by atoms with Gasteiger partial charge in [-0.25, -0.2) is 0 Å². The number of hydrogen-bond donors (Lipinski definition) is 3. The topological polar surface area (TPSA) is 67.2 Å². The van der Waals surface area contributed by atoms with Gasteiger partial charge in [0, 0.05) is 11.3 Å². The molecule has 0 bridgehead atoms. The van der Waals surface area contributed by atoms with E-state index in [0.717, 1.165) is 18.4 Å². The summed E-state index contributed by atoms with van der Waals surface area (Å²) in [7, 11) is 0. The van der Waals surface area contributed by atoms with Crippen LogP contribution in [-0.4, -0.2) is 23.5 Å². The van der Waals surface area contributed by atoms with Gasteiger partial charge in [0.15, 0.2) is 0 Å². The molecule has 1 aromatic rings. The predicted octanol–water partition coefficient (Wildman–Crippen LogP) is 2.68. The molecule has 1 aromatic carbocycles. The molecule has 1 aliphatic carbocycles. The van der Waals surface area contributed by atoms with Gasteiger partial charge in [-0.15, -0.1) is 0 Å². The second-order valence-corrected chi connectivity index (χ2v) is 6.53. The molecule has 0 radical (unpaired) electrons. The van der Waals surface area contributed by atoms with Crippen LogP contribution in [0.2, 0.25) is 0 Å². The van der Waals surface area contributed by atoms with Gasteiger partial charge in [-0.3, -0.25) is 10.6 Å². The molecule has 5 heteroatoms. The van der Waals surface area contributed by atoms with Crippen LogP contribution in [-0.2, 0) is 0 Å². The molecule has 1 fully saturated rings. The number of carbonyl (C=O) groups is 1. The van der Waals surface area contributed by atoms with Crippen LogP contribution < -0.4 is 16.6 Å². The molecule has 1 amide bonds. The highest BCUT2D eigenvalue weighted by atomic mass is 32.2. The lowest BCUT2D eigenvalue weighted by molar-refractivity contribution is 0.0929. The van der Waals surface area contributed by atoms with Gasteiger partial charge in [0.2, 0.25) is 0 Å². The Morgan fingerprint density at radius 1 is 1.40 bits per heavy atom. The second-order valence-electron chi connectivity index (χ2n) is 5.39. The highest BCUT2D eigenvalue weighted by molar-refractivity contribution is 7.99. The molecule has 4 N–H and O–H groups in total. The summed E-state index contributed by atoms with van der Waals surface area (Å²) in [6.07, 6.45) is 6.72. The zero-order valence-corrected chi connectivity index (χ0v) is 12.9. The predicted molar refractivity (Wildman–Crippen MR) is 86.0 cm³/mol. The first kappa shape index (κ1) is 15.2. The molecule has 0 saturated heterocycles. The smallest absolute Gasteiger partial charge is 0.253 e. The number of amides is 1. The summed E-state index contributed by atoms with van der Waals surface area (Å²) >= 11 is 1.90. The number of thioether (sulfide) groups is 1. The van der Waals surface area contributed by atoms with Crippen LogP contribution in [0.15, 0.2) is 18.2 Å². The van der Waals surface area contributed by atoms with E-state index < -0.39 is 0 Å². The number of nitrogens with one attached hydrogen (secondary N) is 2. The molecular weight excluding hydrogens is 270 g/mol. The first-order valence-corrected chi connectivity index (χ1v) is 8.33. The summed E-state index contributed by atoms with van der Waals surface area (Å²) in [5, 5.41) is 3.82. The summed E-state index contributed by atoms with van der Waals surface area (Å²) in [6, 6.07) is 5.94. The Balaban J connectivity index is 2.06. The van der Waals surface area contributed by atoms with E-state index in [1.54, 1.807) is 0 Å². The van der Waals surface area contributed by atoms with E-state index >= 15 is 0 Å². The van der Waals surface area contributed by atoms with Gasteiger partial charge in [-0.2, -0.15) is 11.8 Å². The quantitative estimate of drug-likeness (QED) is 0.590. The minimum atomic E-state index is -0.0339. The molecule has 4 nitrogen and oxygen atoms in total. The molecule has 2 unspecified atom stereocenters. The van der Waals surface area contributed by atoms with Crippen LogP contribution >= 0.6 is 11.8 Å². The summed E-state index contributed by atoms with van der Waals surface area (Å²) in [6.45, 7) is 1.97. The van der Waals surface area contributed by atoms with Gasteiger partial charge in [0.25, 0.3) is 5.91 Å². The van der Waals surface area contributed by atoms with E-state index in [0.29, 0.717) is 16.5 Å². The van der Waals surface area contributed by atoms with Crippen molar-refractivity contribution in [2.75, 3.05) is 11.7 Å². The third kappa shape index (κ3) is 3.67. The Labute approximate surface area is 124 Å². The number of aryl methyl sites for hydroxylation is 1. The van der Waals surface area contributed by atoms with Crippen LogP contribution in [0.25, 0.3) is 0 Å². The Bertz CT molecular complexity index is 478. The summed E-state index contributed by atoms with van der Waals surface area (Å²) in [5.41, 5.74) is 4.95. The van der Waals surface area contributed by atoms with Crippen LogP contribution in [0.3, 0.4) is 0 Å². The summed E-state index contributed by atoms with van der Waals surface area (Å²) < 4.78 is 0. The normalized spacial score (nSPS) is 22.4. The zero-order chi connectivity index (χ0) is 14.5. The highest BCUT2D eigenvalue weighted by Crippen LogP contribution is 2.27. The number of nitrogens with two attached hydrogens (primary N) is 1. The molecule has 0 spiro atoms.